The number of hydrogen-bond donors (Lipinski definition) is 0. The summed E-state index contributed by atoms with van der Waals surface area (Å²) in [5, 5.41) is 0. The van der Waals surface area contributed by atoms with Crippen molar-refractivity contribution < 1.29 is 9.53 Å². The zero-order valence-corrected chi connectivity index (χ0v) is 7.25. The SMILES string of the molecule is O=COCC1SCCCS1. The lowest BCUT2D eigenvalue weighted by molar-refractivity contribution is -0.128. The smallest absolute Gasteiger partial charge is 0.293 e. The first-order valence-electron chi connectivity index (χ1n) is 3.22. The fourth-order valence-corrected chi connectivity index (χ4v) is 3.39. The molecule has 0 spiro atoms. The second kappa shape index (κ2) is 4.91. The highest BCUT2D eigenvalue weighted by molar-refractivity contribution is 8.17. The van der Waals surface area contributed by atoms with E-state index in [0.717, 1.165) is 0 Å². The van der Waals surface area contributed by atoms with Crippen LogP contribution in [0.25, 0.3) is 0 Å². The summed E-state index contributed by atoms with van der Waals surface area (Å²) in [6, 6.07) is 0. The van der Waals surface area contributed by atoms with E-state index in [-0.39, 0.29) is 0 Å². The van der Waals surface area contributed by atoms with Crippen molar-refractivity contribution in [3.63, 3.8) is 0 Å². The minimum atomic E-state index is 0.485. The summed E-state index contributed by atoms with van der Waals surface area (Å²) in [5.41, 5.74) is 0. The number of thioether (sulfide) groups is 2. The van der Waals surface area contributed by atoms with Gasteiger partial charge in [-0.2, -0.15) is 0 Å². The van der Waals surface area contributed by atoms with E-state index in [1.54, 1.807) is 0 Å². The largest absolute Gasteiger partial charge is 0.466 e. The van der Waals surface area contributed by atoms with Gasteiger partial charge in [-0.05, 0) is 17.9 Å². The Morgan fingerprint density at radius 3 is 2.80 bits per heavy atom. The Morgan fingerprint density at radius 2 is 2.20 bits per heavy atom. The minimum Gasteiger partial charge on any atom is -0.466 e. The normalized spacial score (nSPS) is 20.4. The summed E-state index contributed by atoms with van der Waals surface area (Å²) < 4.78 is 5.14. The van der Waals surface area contributed by atoms with Crippen LogP contribution in [-0.2, 0) is 9.53 Å². The lowest BCUT2D eigenvalue weighted by Crippen LogP contribution is -2.12. The van der Waals surface area contributed by atoms with Crippen LogP contribution < -0.4 is 0 Å². The molecular weight excluding hydrogens is 168 g/mol. The third-order valence-electron chi connectivity index (χ3n) is 1.20. The van der Waals surface area contributed by atoms with Crippen LogP contribution in [0.15, 0.2) is 0 Å². The van der Waals surface area contributed by atoms with Crippen LogP contribution in [0.4, 0.5) is 0 Å². The molecule has 1 aliphatic heterocycles. The number of ether oxygens (including phenoxy) is 1. The fraction of sp³-hybridized carbons (Fsp3) is 0.833. The maximum Gasteiger partial charge on any atom is 0.293 e. The van der Waals surface area contributed by atoms with Gasteiger partial charge >= 0.3 is 0 Å². The molecule has 0 saturated carbocycles. The highest BCUT2D eigenvalue weighted by Crippen LogP contribution is 2.30. The third-order valence-corrected chi connectivity index (χ3v) is 4.08. The van der Waals surface area contributed by atoms with E-state index in [4.69, 9.17) is 0 Å². The van der Waals surface area contributed by atoms with Gasteiger partial charge in [-0.3, -0.25) is 4.79 Å². The summed E-state index contributed by atoms with van der Waals surface area (Å²) in [5.74, 6) is 2.42. The van der Waals surface area contributed by atoms with Crippen molar-refractivity contribution in [3.05, 3.63) is 0 Å². The zero-order valence-electron chi connectivity index (χ0n) is 5.62. The van der Waals surface area contributed by atoms with Crippen molar-refractivity contribution in [1.82, 2.24) is 0 Å². The van der Waals surface area contributed by atoms with Gasteiger partial charge in [-0.25, -0.2) is 0 Å². The molecule has 1 fully saturated rings. The van der Waals surface area contributed by atoms with Crippen LogP contribution in [0.2, 0.25) is 0 Å². The van der Waals surface area contributed by atoms with Gasteiger partial charge in [0.15, 0.2) is 0 Å². The third kappa shape index (κ3) is 2.84. The Bertz CT molecular complexity index is 102. The maximum absolute atomic E-state index is 9.81. The van der Waals surface area contributed by atoms with Crippen LogP contribution in [0, 0.1) is 0 Å². The van der Waals surface area contributed by atoms with Crippen LogP contribution in [0.1, 0.15) is 6.42 Å². The summed E-state index contributed by atoms with van der Waals surface area (Å²) in [6.07, 6.45) is 1.28. The number of carbonyl (C=O) groups is 1. The topological polar surface area (TPSA) is 26.3 Å². The molecule has 10 heavy (non-hydrogen) atoms. The number of hydrogen-bond acceptors (Lipinski definition) is 4. The summed E-state index contributed by atoms with van der Waals surface area (Å²) in [4.78, 5) is 9.81. The Morgan fingerprint density at radius 1 is 1.50 bits per heavy atom. The molecule has 1 rings (SSSR count). The highest BCUT2D eigenvalue weighted by Gasteiger charge is 2.13. The fourth-order valence-electron chi connectivity index (χ4n) is 0.751. The van der Waals surface area contributed by atoms with Crippen molar-refractivity contribution in [2.75, 3.05) is 18.1 Å². The Balaban J connectivity index is 2.07. The molecule has 0 aromatic rings. The monoisotopic (exact) mass is 178 g/mol. The number of rotatable bonds is 3. The van der Waals surface area contributed by atoms with Crippen molar-refractivity contribution in [1.29, 1.82) is 0 Å². The van der Waals surface area contributed by atoms with Gasteiger partial charge in [-0.15, -0.1) is 23.5 Å². The van der Waals surface area contributed by atoms with E-state index in [1.807, 2.05) is 23.5 Å². The highest BCUT2D eigenvalue weighted by atomic mass is 32.2. The molecule has 2 nitrogen and oxygen atoms in total. The molecule has 0 aromatic heterocycles. The molecular formula is C6H10O2S2. The molecule has 0 radical (unpaired) electrons. The van der Waals surface area contributed by atoms with Crippen LogP contribution in [0.5, 0.6) is 0 Å². The zero-order chi connectivity index (χ0) is 7.23. The number of carbonyl (C=O) groups excluding carboxylic acids is 1. The predicted octanol–water partition coefficient (Wildman–Crippen LogP) is 1.36. The van der Waals surface area contributed by atoms with E-state index in [2.05, 4.69) is 4.74 Å². The van der Waals surface area contributed by atoms with Crippen molar-refractivity contribution >= 4 is 30.0 Å². The van der Waals surface area contributed by atoms with Gasteiger partial charge in [0.05, 0.1) is 4.58 Å². The average Bonchev–Trinajstić information content (AvgIpc) is 2.03. The molecule has 58 valence electrons. The second-order valence-corrected chi connectivity index (χ2v) is 4.87. The summed E-state index contributed by atoms with van der Waals surface area (Å²) in [6.45, 7) is 1.09. The van der Waals surface area contributed by atoms with E-state index in [9.17, 15) is 4.79 Å². The van der Waals surface area contributed by atoms with Gasteiger partial charge in [0, 0.05) is 0 Å². The van der Waals surface area contributed by atoms with Crippen molar-refractivity contribution in [3.8, 4) is 0 Å². The molecule has 0 unspecified atom stereocenters. The first-order valence-corrected chi connectivity index (χ1v) is 5.31. The standard InChI is InChI=1S/C6H10O2S2/c7-5-8-4-6-9-2-1-3-10-6/h5-6H,1-4H2. The molecule has 0 aromatic carbocycles. The lowest BCUT2D eigenvalue weighted by atomic mass is 10.6. The quantitative estimate of drug-likeness (QED) is 0.609. The Labute approximate surface area is 69.1 Å². The molecule has 0 bridgehead atoms. The van der Waals surface area contributed by atoms with Gasteiger partial charge in [0.2, 0.25) is 0 Å². The van der Waals surface area contributed by atoms with Crippen molar-refractivity contribution in [2.45, 2.75) is 11.0 Å². The molecule has 0 atom stereocenters. The first-order chi connectivity index (χ1) is 4.93. The van der Waals surface area contributed by atoms with Crippen LogP contribution in [0.3, 0.4) is 0 Å². The molecule has 0 amide bonds. The van der Waals surface area contributed by atoms with Gasteiger partial charge < -0.3 is 4.74 Å². The van der Waals surface area contributed by atoms with E-state index < -0.39 is 0 Å². The van der Waals surface area contributed by atoms with Gasteiger partial charge in [0.25, 0.3) is 6.47 Å². The average molecular weight is 178 g/mol. The predicted molar refractivity (Wildman–Crippen MR) is 45.3 cm³/mol. The van der Waals surface area contributed by atoms with E-state index in [1.165, 1.54) is 17.9 Å². The second-order valence-electron chi connectivity index (χ2n) is 1.95. The lowest BCUT2D eigenvalue weighted by Gasteiger charge is -2.19. The van der Waals surface area contributed by atoms with Crippen molar-refractivity contribution in [2.24, 2.45) is 0 Å². The van der Waals surface area contributed by atoms with E-state index in [0.29, 0.717) is 17.7 Å². The molecule has 0 N–H and O–H groups in total. The van der Waals surface area contributed by atoms with E-state index >= 15 is 0 Å². The Kier molecular flexibility index (Phi) is 4.06. The molecule has 1 heterocycles. The maximum atomic E-state index is 9.81. The molecule has 1 saturated heterocycles. The first kappa shape index (κ1) is 8.27. The summed E-state index contributed by atoms with van der Waals surface area (Å²) in [7, 11) is 0. The minimum absolute atomic E-state index is 0.485. The molecule has 0 aliphatic carbocycles. The van der Waals surface area contributed by atoms with Gasteiger partial charge in [-0.1, -0.05) is 0 Å². The van der Waals surface area contributed by atoms with Crippen LogP contribution >= 0.6 is 23.5 Å². The molecule has 4 heteroatoms. The van der Waals surface area contributed by atoms with Crippen LogP contribution in [-0.4, -0.2) is 29.2 Å². The summed E-state index contributed by atoms with van der Waals surface area (Å²) >= 11 is 3.76. The molecule has 1 aliphatic rings. The van der Waals surface area contributed by atoms with Gasteiger partial charge in [0.1, 0.15) is 6.61 Å². The Hall–Kier alpha value is 0.170.